The van der Waals surface area contributed by atoms with Gasteiger partial charge >= 0.3 is 0 Å². The molecule has 1 aromatic heterocycles. The lowest BCUT2D eigenvalue weighted by molar-refractivity contribution is -0.0228. The van der Waals surface area contributed by atoms with Gasteiger partial charge in [0.1, 0.15) is 11.9 Å². The molecule has 0 spiro atoms. The fraction of sp³-hybridized carbons (Fsp3) is 0.231. The van der Waals surface area contributed by atoms with E-state index in [1.807, 2.05) is 53.4 Å². The van der Waals surface area contributed by atoms with Gasteiger partial charge in [0.25, 0.3) is 5.91 Å². The second kappa shape index (κ2) is 8.36. The van der Waals surface area contributed by atoms with E-state index in [0.717, 1.165) is 34.4 Å². The van der Waals surface area contributed by atoms with Crippen molar-refractivity contribution in [2.45, 2.75) is 19.4 Å². The van der Waals surface area contributed by atoms with Gasteiger partial charge in [-0.1, -0.05) is 61.5 Å². The first-order valence-corrected chi connectivity index (χ1v) is 10.8. The Hall–Kier alpha value is -3.44. The average molecular weight is 412 g/mol. The Morgan fingerprint density at radius 3 is 2.68 bits per heavy atom. The van der Waals surface area contributed by atoms with Crippen molar-refractivity contribution in [1.82, 2.24) is 14.9 Å². The number of carbonyl (C=O) groups is 1. The number of benzene rings is 3. The third-order valence-electron chi connectivity index (χ3n) is 5.89. The summed E-state index contributed by atoms with van der Waals surface area (Å²) in [5, 5.41) is 0. The van der Waals surface area contributed by atoms with E-state index in [9.17, 15) is 4.79 Å². The molecule has 5 heteroatoms. The van der Waals surface area contributed by atoms with E-state index in [0.29, 0.717) is 25.3 Å². The van der Waals surface area contributed by atoms with Crippen LogP contribution in [0, 0.1) is 0 Å². The smallest absolute Gasteiger partial charge is 0.254 e. The molecule has 1 saturated heterocycles. The predicted molar refractivity (Wildman–Crippen MR) is 122 cm³/mol. The summed E-state index contributed by atoms with van der Waals surface area (Å²) < 4.78 is 5.97. The number of hydrogen-bond donors (Lipinski definition) is 1. The summed E-state index contributed by atoms with van der Waals surface area (Å²) in [6.45, 7) is 3.83. The number of amides is 1. The number of morpholine rings is 1. The van der Waals surface area contributed by atoms with Crippen molar-refractivity contribution in [3.05, 3.63) is 89.5 Å². The topological polar surface area (TPSA) is 58.2 Å². The lowest BCUT2D eigenvalue weighted by Crippen LogP contribution is -2.42. The van der Waals surface area contributed by atoms with Gasteiger partial charge in [0.05, 0.1) is 24.2 Å². The van der Waals surface area contributed by atoms with Gasteiger partial charge in [-0.3, -0.25) is 4.79 Å². The maximum absolute atomic E-state index is 13.2. The first-order valence-electron chi connectivity index (χ1n) is 10.8. The molecule has 0 saturated carbocycles. The lowest BCUT2D eigenvalue weighted by Gasteiger charge is -2.33. The highest BCUT2D eigenvalue weighted by atomic mass is 16.5. The zero-order valence-electron chi connectivity index (χ0n) is 17.5. The fourth-order valence-electron chi connectivity index (χ4n) is 4.06. The van der Waals surface area contributed by atoms with Crippen LogP contribution in [0.3, 0.4) is 0 Å². The molecular weight excluding hydrogens is 386 g/mol. The van der Waals surface area contributed by atoms with Crippen LogP contribution in [0.1, 0.15) is 34.5 Å². The Morgan fingerprint density at radius 2 is 1.90 bits per heavy atom. The van der Waals surface area contributed by atoms with Crippen molar-refractivity contribution in [2.75, 3.05) is 19.7 Å². The minimum Gasteiger partial charge on any atom is -0.370 e. The number of fused-ring (bicyclic) bond motifs is 1. The molecule has 2 heterocycles. The van der Waals surface area contributed by atoms with Gasteiger partial charge in [-0.05, 0) is 35.7 Å². The zero-order valence-corrected chi connectivity index (χ0v) is 17.5. The van der Waals surface area contributed by atoms with Crippen molar-refractivity contribution in [3.8, 4) is 11.4 Å². The minimum atomic E-state index is -0.0934. The number of aromatic amines is 1. The number of imidazole rings is 1. The van der Waals surface area contributed by atoms with Crippen LogP contribution in [-0.2, 0) is 11.2 Å². The average Bonchev–Trinajstić information content (AvgIpc) is 3.28. The molecule has 1 N–H and O–H groups in total. The highest BCUT2D eigenvalue weighted by Crippen LogP contribution is 2.25. The van der Waals surface area contributed by atoms with Crippen LogP contribution in [0.4, 0.5) is 0 Å². The molecule has 0 radical (unpaired) electrons. The van der Waals surface area contributed by atoms with Crippen LogP contribution in [0.25, 0.3) is 22.4 Å². The molecule has 1 unspecified atom stereocenters. The maximum atomic E-state index is 13.2. The Labute approximate surface area is 181 Å². The van der Waals surface area contributed by atoms with E-state index in [4.69, 9.17) is 4.74 Å². The molecule has 1 atom stereocenters. The summed E-state index contributed by atoms with van der Waals surface area (Å²) in [6.07, 6.45) is 0.919. The predicted octanol–water partition coefficient (Wildman–Crippen LogP) is 5.01. The van der Waals surface area contributed by atoms with E-state index in [-0.39, 0.29) is 12.0 Å². The number of ether oxygens (including phenoxy) is 1. The first-order chi connectivity index (χ1) is 15.2. The van der Waals surface area contributed by atoms with Crippen LogP contribution in [-0.4, -0.2) is 40.5 Å². The van der Waals surface area contributed by atoms with Crippen molar-refractivity contribution >= 4 is 16.9 Å². The minimum absolute atomic E-state index is 0.0243. The Balaban J connectivity index is 1.36. The molecule has 0 bridgehead atoms. The zero-order chi connectivity index (χ0) is 21.2. The molecule has 1 amide bonds. The number of H-pyrrole nitrogens is 1. The van der Waals surface area contributed by atoms with Gasteiger partial charge < -0.3 is 14.6 Å². The Bertz CT molecular complexity index is 1200. The van der Waals surface area contributed by atoms with Gasteiger partial charge in [0.15, 0.2) is 0 Å². The largest absolute Gasteiger partial charge is 0.370 e. The van der Waals surface area contributed by atoms with Crippen molar-refractivity contribution in [3.63, 3.8) is 0 Å². The molecule has 0 aliphatic carbocycles. The number of rotatable bonds is 4. The van der Waals surface area contributed by atoms with Gasteiger partial charge in [-0.2, -0.15) is 0 Å². The monoisotopic (exact) mass is 411 g/mol. The fourth-order valence-corrected chi connectivity index (χ4v) is 4.06. The second-order valence-electron chi connectivity index (χ2n) is 7.89. The summed E-state index contributed by atoms with van der Waals surface area (Å²) in [6, 6.07) is 24.2. The van der Waals surface area contributed by atoms with Crippen LogP contribution < -0.4 is 0 Å². The maximum Gasteiger partial charge on any atom is 0.254 e. The normalized spacial score (nSPS) is 16.5. The number of nitrogens with zero attached hydrogens (tertiary/aromatic N) is 2. The quantitative estimate of drug-likeness (QED) is 0.514. The molecule has 31 heavy (non-hydrogen) atoms. The molecule has 5 rings (SSSR count). The van der Waals surface area contributed by atoms with Crippen LogP contribution in [0.5, 0.6) is 0 Å². The molecule has 4 aromatic rings. The highest BCUT2D eigenvalue weighted by Gasteiger charge is 2.26. The van der Waals surface area contributed by atoms with E-state index < -0.39 is 0 Å². The molecule has 156 valence electrons. The molecular formula is C26H25N3O2. The van der Waals surface area contributed by atoms with Crippen molar-refractivity contribution in [1.29, 1.82) is 0 Å². The van der Waals surface area contributed by atoms with Gasteiger partial charge in [-0.15, -0.1) is 0 Å². The summed E-state index contributed by atoms with van der Waals surface area (Å²) >= 11 is 0. The first kappa shape index (κ1) is 19.5. The highest BCUT2D eigenvalue weighted by molar-refractivity contribution is 5.97. The molecule has 1 aliphatic rings. The van der Waals surface area contributed by atoms with Crippen LogP contribution in [0.2, 0.25) is 0 Å². The van der Waals surface area contributed by atoms with Crippen molar-refractivity contribution in [2.24, 2.45) is 0 Å². The molecule has 1 fully saturated rings. The third kappa shape index (κ3) is 3.97. The van der Waals surface area contributed by atoms with Crippen molar-refractivity contribution < 1.29 is 9.53 Å². The van der Waals surface area contributed by atoms with E-state index in [1.165, 1.54) is 5.56 Å². The molecule has 1 aliphatic heterocycles. The van der Waals surface area contributed by atoms with E-state index in [1.54, 1.807) is 0 Å². The Kier molecular flexibility index (Phi) is 5.26. The summed E-state index contributed by atoms with van der Waals surface area (Å²) in [5.74, 6) is 0.832. The summed E-state index contributed by atoms with van der Waals surface area (Å²) in [5.41, 5.74) is 5.83. The molecule has 3 aromatic carbocycles. The number of aryl methyl sites for hydroxylation is 1. The number of nitrogens with one attached hydrogen (secondary N) is 1. The number of aromatic nitrogens is 2. The second-order valence-corrected chi connectivity index (χ2v) is 7.89. The van der Waals surface area contributed by atoms with Gasteiger partial charge in [-0.25, -0.2) is 4.98 Å². The summed E-state index contributed by atoms with van der Waals surface area (Å²) in [7, 11) is 0. The van der Waals surface area contributed by atoms with Gasteiger partial charge in [0.2, 0.25) is 0 Å². The standard InChI is InChI=1S/C26H25N3O2/c1-2-18-8-10-19(11-9-18)24-17-29(14-15-31-24)26(30)21-12-13-22-23(16-21)28-25(27-22)20-6-4-3-5-7-20/h3-13,16,24H,2,14-15,17H2,1H3,(H,27,28). The lowest BCUT2D eigenvalue weighted by atomic mass is 10.0. The Morgan fingerprint density at radius 1 is 1.10 bits per heavy atom. The number of hydrogen-bond acceptors (Lipinski definition) is 3. The third-order valence-corrected chi connectivity index (χ3v) is 5.89. The van der Waals surface area contributed by atoms with Crippen LogP contribution in [0.15, 0.2) is 72.8 Å². The SMILES string of the molecule is CCc1ccc(C2CN(C(=O)c3ccc4nc(-c5ccccc5)[nH]c4c3)CCO2)cc1. The van der Waals surface area contributed by atoms with Crippen LogP contribution >= 0.6 is 0 Å². The van der Waals surface area contributed by atoms with E-state index in [2.05, 4.69) is 41.2 Å². The molecule has 5 nitrogen and oxygen atoms in total. The number of carbonyl (C=O) groups excluding carboxylic acids is 1. The summed E-state index contributed by atoms with van der Waals surface area (Å²) in [4.78, 5) is 23.1. The van der Waals surface area contributed by atoms with Gasteiger partial charge in [0, 0.05) is 17.7 Å². The van der Waals surface area contributed by atoms with E-state index >= 15 is 0 Å².